The minimum absolute atomic E-state index is 0.354. The summed E-state index contributed by atoms with van der Waals surface area (Å²) in [7, 11) is 8.20. The molecule has 0 saturated carbocycles. The molecule has 2 radical (unpaired) electrons. The van der Waals surface area contributed by atoms with E-state index >= 15 is 0 Å². The van der Waals surface area contributed by atoms with Crippen molar-refractivity contribution in [3.8, 4) is 0 Å². The van der Waals surface area contributed by atoms with E-state index in [9.17, 15) is 0 Å². The maximum Gasteiger partial charge on any atom is 0.0696 e. The molecule has 7 heavy (non-hydrogen) atoms. The summed E-state index contributed by atoms with van der Waals surface area (Å²) < 4.78 is 0. The molecule has 0 bridgehead atoms. The summed E-state index contributed by atoms with van der Waals surface area (Å²) in [6.45, 7) is 4.18. The molecule has 0 N–H and O–H groups in total. The van der Waals surface area contributed by atoms with Crippen LogP contribution in [0.25, 0.3) is 0 Å². The lowest BCUT2D eigenvalue weighted by atomic mass is 9.86. The van der Waals surface area contributed by atoms with E-state index in [4.69, 9.17) is 7.85 Å². The van der Waals surface area contributed by atoms with Gasteiger partial charge >= 0.3 is 0 Å². The summed E-state index contributed by atoms with van der Waals surface area (Å²) in [6, 6.07) is 0. The van der Waals surface area contributed by atoms with Gasteiger partial charge in [0.15, 0.2) is 0 Å². The summed E-state index contributed by atoms with van der Waals surface area (Å²) in [6.07, 6.45) is 1.10. The molecule has 3 atom stereocenters. The first kappa shape index (κ1) is 7.49. The lowest BCUT2D eigenvalue weighted by Gasteiger charge is -2.05. The maximum absolute atomic E-state index is 5.48. The van der Waals surface area contributed by atoms with Crippen LogP contribution in [0.4, 0.5) is 0 Å². The Hall–Kier alpha value is 0.495. The SMILES string of the molecule is [B]C(C)CC(C)P. The maximum atomic E-state index is 5.48. The summed E-state index contributed by atoms with van der Waals surface area (Å²) in [4.78, 5) is 0. The van der Waals surface area contributed by atoms with Crippen molar-refractivity contribution >= 4 is 17.1 Å². The third kappa shape index (κ3) is 6.49. The summed E-state index contributed by atoms with van der Waals surface area (Å²) in [5.74, 6) is 0.354. The number of rotatable bonds is 2. The molecule has 3 unspecified atom stereocenters. The average molecular weight is 114 g/mol. The second-order valence-electron chi connectivity index (χ2n) is 2.19. The van der Waals surface area contributed by atoms with Crippen LogP contribution >= 0.6 is 9.24 Å². The second-order valence-corrected chi connectivity index (χ2v) is 3.33. The molecular formula is C5H12BP. The van der Waals surface area contributed by atoms with Crippen molar-refractivity contribution in [2.45, 2.75) is 31.7 Å². The van der Waals surface area contributed by atoms with Gasteiger partial charge in [-0.05, 0) is 5.66 Å². The zero-order valence-corrected chi connectivity index (χ0v) is 6.17. The molecule has 40 valence electrons. The van der Waals surface area contributed by atoms with Crippen LogP contribution in [0.15, 0.2) is 0 Å². The van der Waals surface area contributed by atoms with Crippen molar-refractivity contribution in [1.82, 2.24) is 0 Å². The van der Waals surface area contributed by atoms with E-state index in [0.717, 1.165) is 6.42 Å². The van der Waals surface area contributed by atoms with Gasteiger partial charge in [-0.3, -0.25) is 0 Å². The van der Waals surface area contributed by atoms with E-state index < -0.39 is 0 Å². The smallest absolute Gasteiger partial charge is 0.0696 e. The zero-order valence-electron chi connectivity index (χ0n) is 5.02. The molecule has 0 aromatic rings. The molecule has 0 fully saturated rings. The van der Waals surface area contributed by atoms with Crippen LogP contribution in [0, 0.1) is 0 Å². The molecule has 0 amide bonds. The zero-order chi connectivity index (χ0) is 5.86. The summed E-state index contributed by atoms with van der Waals surface area (Å²) in [5.41, 5.74) is 0.667. The Labute approximate surface area is 49.7 Å². The second kappa shape index (κ2) is 3.49. The topological polar surface area (TPSA) is 0 Å². The Balaban J connectivity index is 2.95. The molecule has 0 aliphatic heterocycles. The van der Waals surface area contributed by atoms with Crippen LogP contribution in [0.1, 0.15) is 20.3 Å². The van der Waals surface area contributed by atoms with E-state index in [1.165, 1.54) is 0 Å². The molecule has 0 heterocycles. The van der Waals surface area contributed by atoms with Crippen LogP contribution < -0.4 is 0 Å². The van der Waals surface area contributed by atoms with Gasteiger partial charge in [0, 0.05) is 0 Å². The van der Waals surface area contributed by atoms with Crippen LogP contribution in [-0.2, 0) is 0 Å². The predicted molar refractivity (Wildman–Crippen MR) is 39.0 cm³/mol. The molecule has 0 saturated heterocycles. The Morgan fingerprint density at radius 3 is 2.00 bits per heavy atom. The highest BCUT2D eigenvalue weighted by Gasteiger charge is 1.95. The fourth-order valence-electron chi connectivity index (χ4n) is 0.586. The minimum Gasteiger partial charge on any atom is -0.135 e. The standard InChI is InChI=1S/C5H12BP/c1-4(6)3-5(2)7/h4-5H,3,7H2,1-2H3. The van der Waals surface area contributed by atoms with E-state index in [0.29, 0.717) is 11.5 Å². The normalized spacial score (nSPS) is 18.7. The molecule has 0 nitrogen and oxygen atoms in total. The van der Waals surface area contributed by atoms with Gasteiger partial charge < -0.3 is 0 Å². The monoisotopic (exact) mass is 114 g/mol. The van der Waals surface area contributed by atoms with Crippen LogP contribution in [-0.4, -0.2) is 13.5 Å². The highest BCUT2D eigenvalue weighted by molar-refractivity contribution is 7.17. The lowest BCUT2D eigenvalue weighted by Crippen LogP contribution is -1.94. The van der Waals surface area contributed by atoms with E-state index in [1.807, 2.05) is 6.92 Å². The molecule has 2 heteroatoms. The van der Waals surface area contributed by atoms with E-state index in [-0.39, 0.29) is 0 Å². The van der Waals surface area contributed by atoms with Gasteiger partial charge in [0.2, 0.25) is 0 Å². The number of hydrogen-bond donors (Lipinski definition) is 0. The van der Waals surface area contributed by atoms with Crippen LogP contribution in [0.2, 0.25) is 5.82 Å². The molecule has 0 aliphatic rings. The quantitative estimate of drug-likeness (QED) is 0.378. The first-order valence-electron chi connectivity index (χ1n) is 2.64. The van der Waals surface area contributed by atoms with Crippen molar-refractivity contribution in [3.63, 3.8) is 0 Å². The van der Waals surface area contributed by atoms with Gasteiger partial charge in [-0.2, -0.15) is 0 Å². The van der Waals surface area contributed by atoms with Crippen molar-refractivity contribution in [3.05, 3.63) is 0 Å². The molecule has 0 spiro atoms. The summed E-state index contributed by atoms with van der Waals surface area (Å²) >= 11 is 0. The van der Waals surface area contributed by atoms with Gasteiger partial charge in [0.25, 0.3) is 0 Å². The van der Waals surface area contributed by atoms with Crippen molar-refractivity contribution in [2.24, 2.45) is 0 Å². The highest BCUT2D eigenvalue weighted by Crippen LogP contribution is 2.12. The molecule has 0 aromatic heterocycles. The Kier molecular flexibility index (Phi) is 3.74. The number of hydrogen-bond acceptors (Lipinski definition) is 0. The Bertz CT molecular complexity index is 37.3. The molecule has 0 aromatic carbocycles. The molecular weight excluding hydrogens is 102 g/mol. The fourth-order valence-corrected chi connectivity index (χ4v) is 1.02. The highest BCUT2D eigenvalue weighted by atomic mass is 31.0. The van der Waals surface area contributed by atoms with Gasteiger partial charge in [0.1, 0.15) is 0 Å². The Morgan fingerprint density at radius 1 is 1.57 bits per heavy atom. The Morgan fingerprint density at radius 2 is 2.00 bits per heavy atom. The van der Waals surface area contributed by atoms with Crippen molar-refractivity contribution in [2.75, 3.05) is 0 Å². The van der Waals surface area contributed by atoms with Crippen LogP contribution in [0.5, 0.6) is 0 Å². The largest absolute Gasteiger partial charge is 0.135 e. The van der Waals surface area contributed by atoms with Gasteiger partial charge in [-0.25, -0.2) is 0 Å². The summed E-state index contributed by atoms with van der Waals surface area (Å²) in [5, 5.41) is 0. The molecule has 0 aliphatic carbocycles. The van der Waals surface area contributed by atoms with Crippen molar-refractivity contribution in [1.29, 1.82) is 0 Å². The van der Waals surface area contributed by atoms with E-state index in [1.54, 1.807) is 0 Å². The van der Waals surface area contributed by atoms with Gasteiger partial charge in [0.05, 0.1) is 7.85 Å². The molecule has 0 rings (SSSR count). The minimum atomic E-state index is 0.354. The third-order valence-electron chi connectivity index (χ3n) is 0.744. The lowest BCUT2D eigenvalue weighted by molar-refractivity contribution is 0.785. The van der Waals surface area contributed by atoms with Crippen molar-refractivity contribution < 1.29 is 0 Å². The van der Waals surface area contributed by atoms with E-state index in [2.05, 4.69) is 16.2 Å². The third-order valence-corrected chi connectivity index (χ3v) is 1.02. The predicted octanol–water partition coefficient (Wildman–Crippen LogP) is 1.62. The van der Waals surface area contributed by atoms with Crippen LogP contribution in [0.3, 0.4) is 0 Å². The fraction of sp³-hybridized carbons (Fsp3) is 1.00. The average Bonchev–Trinajstić information content (AvgIpc) is 1.27. The van der Waals surface area contributed by atoms with Gasteiger partial charge in [-0.1, -0.05) is 26.1 Å². The van der Waals surface area contributed by atoms with Gasteiger partial charge in [-0.15, -0.1) is 9.24 Å². The first-order valence-corrected chi connectivity index (χ1v) is 3.30. The first-order chi connectivity index (χ1) is 3.13.